The number of rotatable bonds is 0. The van der Waals surface area contributed by atoms with Gasteiger partial charge in [0.1, 0.15) is 0 Å². The van der Waals surface area contributed by atoms with Crippen molar-refractivity contribution < 1.29 is 5.11 Å². The first kappa shape index (κ1) is 10.9. The summed E-state index contributed by atoms with van der Waals surface area (Å²) in [5, 5.41) is 21.4. The minimum atomic E-state index is 0.136. The van der Waals surface area contributed by atoms with Gasteiger partial charge < -0.3 is 0 Å². The monoisotopic (exact) mass is 267 g/mol. The maximum atomic E-state index is 12.8. The molecule has 1 nitrogen and oxygen atoms in total. The molecule has 5 aromatic carbocycles. The Bertz CT molecular complexity index is 1120. The van der Waals surface area contributed by atoms with E-state index in [1.807, 2.05) is 30.3 Å². The Hall–Kier alpha value is -2.80. The van der Waals surface area contributed by atoms with E-state index in [9.17, 15) is 5.11 Å². The second-order valence-electron chi connectivity index (χ2n) is 5.56. The van der Waals surface area contributed by atoms with Crippen molar-refractivity contribution in [2.45, 2.75) is 0 Å². The van der Waals surface area contributed by atoms with E-state index in [0.717, 1.165) is 21.5 Å². The van der Waals surface area contributed by atoms with Gasteiger partial charge in [-0.3, -0.25) is 5.11 Å². The lowest BCUT2D eigenvalue weighted by Gasteiger charge is -2.13. The molecule has 0 amide bonds. The van der Waals surface area contributed by atoms with Gasteiger partial charge >= 0.3 is 0 Å². The van der Waals surface area contributed by atoms with Crippen molar-refractivity contribution in [2.75, 3.05) is 0 Å². The van der Waals surface area contributed by atoms with Crippen LogP contribution in [0.3, 0.4) is 0 Å². The SMILES string of the molecule is [O]c1c2ccccc2c2ccc3cccc4ccc1c2c43. The van der Waals surface area contributed by atoms with Gasteiger partial charge in [0, 0.05) is 16.2 Å². The van der Waals surface area contributed by atoms with Crippen LogP contribution >= 0.6 is 0 Å². The van der Waals surface area contributed by atoms with Crippen LogP contribution < -0.4 is 0 Å². The van der Waals surface area contributed by atoms with Crippen LogP contribution in [0.25, 0.3) is 43.1 Å². The van der Waals surface area contributed by atoms with Gasteiger partial charge in [0.05, 0.1) is 0 Å². The normalized spacial score (nSPS) is 12.0. The van der Waals surface area contributed by atoms with E-state index in [2.05, 4.69) is 36.4 Å². The minimum absolute atomic E-state index is 0.136. The van der Waals surface area contributed by atoms with Crippen molar-refractivity contribution in [3.8, 4) is 5.75 Å². The molecule has 0 heterocycles. The van der Waals surface area contributed by atoms with Crippen molar-refractivity contribution in [1.82, 2.24) is 0 Å². The number of hydrogen-bond donors (Lipinski definition) is 0. The van der Waals surface area contributed by atoms with Crippen LogP contribution in [-0.2, 0) is 5.11 Å². The minimum Gasteiger partial charge on any atom is -0.289 e. The Morgan fingerprint density at radius 2 is 1.14 bits per heavy atom. The molecule has 1 heteroatoms. The van der Waals surface area contributed by atoms with Crippen LogP contribution in [0.5, 0.6) is 5.75 Å². The second-order valence-corrected chi connectivity index (χ2v) is 5.56. The summed E-state index contributed by atoms with van der Waals surface area (Å²) in [6.07, 6.45) is 0. The van der Waals surface area contributed by atoms with Gasteiger partial charge in [0.25, 0.3) is 0 Å². The molecule has 21 heavy (non-hydrogen) atoms. The Balaban J connectivity index is 2.26. The zero-order valence-electron chi connectivity index (χ0n) is 11.3. The summed E-state index contributed by atoms with van der Waals surface area (Å²) < 4.78 is 0. The molecule has 5 rings (SSSR count). The van der Waals surface area contributed by atoms with E-state index in [4.69, 9.17) is 0 Å². The molecule has 0 saturated carbocycles. The molecule has 0 unspecified atom stereocenters. The van der Waals surface area contributed by atoms with E-state index in [-0.39, 0.29) is 5.75 Å². The fourth-order valence-electron chi connectivity index (χ4n) is 3.56. The zero-order chi connectivity index (χ0) is 14.0. The van der Waals surface area contributed by atoms with Gasteiger partial charge in [-0.2, -0.15) is 0 Å². The quantitative estimate of drug-likeness (QED) is 0.246. The molecule has 0 atom stereocenters. The van der Waals surface area contributed by atoms with Crippen LogP contribution in [0, 0.1) is 0 Å². The van der Waals surface area contributed by atoms with E-state index < -0.39 is 0 Å². The summed E-state index contributed by atoms with van der Waals surface area (Å²) in [7, 11) is 0. The summed E-state index contributed by atoms with van der Waals surface area (Å²) in [5.74, 6) is 0.136. The van der Waals surface area contributed by atoms with Crippen LogP contribution in [0.2, 0.25) is 0 Å². The molecule has 1 radical (unpaired) electrons. The molecule has 0 spiro atoms. The fourth-order valence-corrected chi connectivity index (χ4v) is 3.56. The lowest BCUT2D eigenvalue weighted by Crippen LogP contribution is -1.86. The largest absolute Gasteiger partial charge is 0.289 e. The lowest BCUT2D eigenvalue weighted by atomic mass is 9.90. The van der Waals surface area contributed by atoms with E-state index in [1.54, 1.807) is 0 Å². The Morgan fingerprint density at radius 3 is 1.90 bits per heavy atom. The first-order valence-corrected chi connectivity index (χ1v) is 7.10. The molecule has 0 fully saturated rings. The van der Waals surface area contributed by atoms with Crippen molar-refractivity contribution in [3.63, 3.8) is 0 Å². The third-order valence-corrected chi connectivity index (χ3v) is 4.48. The van der Waals surface area contributed by atoms with Crippen LogP contribution in [0.15, 0.2) is 66.7 Å². The predicted molar refractivity (Wildman–Crippen MR) is 87.8 cm³/mol. The summed E-state index contributed by atoms with van der Waals surface area (Å²) in [4.78, 5) is 0. The van der Waals surface area contributed by atoms with Crippen LogP contribution in [0.4, 0.5) is 0 Å². The van der Waals surface area contributed by atoms with Gasteiger partial charge in [0.15, 0.2) is 5.75 Å². The lowest BCUT2D eigenvalue weighted by molar-refractivity contribution is 0.365. The number of hydrogen-bond acceptors (Lipinski definition) is 0. The predicted octanol–water partition coefficient (Wildman–Crippen LogP) is 5.88. The van der Waals surface area contributed by atoms with E-state index in [0.29, 0.717) is 0 Å². The summed E-state index contributed by atoms with van der Waals surface area (Å²) >= 11 is 0. The van der Waals surface area contributed by atoms with E-state index in [1.165, 1.54) is 21.5 Å². The molecule has 0 aliphatic carbocycles. The Kier molecular flexibility index (Phi) is 1.90. The average Bonchev–Trinajstić information content (AvgIpc) is 2.55. The maximum Gasteiger partial charge on any atom is 0.194 e. The molecule has 0 N–H and O–H groups in total. The highest BCUT2D eigenvalue weighted by molar-refractivity contribution is 6.30. The van der Waals surface area contributed by atoms with Gasteiger partial charge in [0.2, 0.25) is 0 Å². The zero-order valence-corrected chi connectivity index (χ0v) is 11.3. The van der Waals surface area contributed by atoms with E-state index >= 15 is 0 Å². The first-order valence-electron chi connectivity index (χ1n) is 7.10. The molecule has 97 valence electrons. The summed E-state index contributed by atoms with van der Waals surface area (Å²) in [5.41, 5.74) is 0. The molecule has 0 aliphatic heterocycles. The van der Waals surface area contributed by atoms with Crippen molar-refractivity contribution in [3.05, 3.63) is 66.7 Å². The highest BCUT2D eigenvalue weighted by atomic mass is 16.3. The summed E-state index contributed by atoms with van der Waals surface area (Å²) in [6.45, 7) is 0. The molecule has 0 bridgehead atoms. The smallest absolute Gasteiger partial charge is 0.194 e. The van der Waals surface area contributed by atoms with Crippen LogP contribution in [0.1, 0.15) is 0 Å². The third kappa shape index (κ3) is 1.26. The average molecular weight is 267 g/mol. The Morgan fingerprint density at radius 1 is 0.476 bits per heavy atom. The van der Waals surface area contributed by atoms with Crippen LogP contribution in [-0.4, -0.2) is 0 Å². The van der Waals surface area contributed by atoms with Gasteiger partial charge in [-0.05, 0) is 33.0 Å². The molecular formula is C20H11O. The highest BCUT2D eigenvalue weighted by Gasteiger charge is 2.15. The van der Waals surface area contributed by atoms with Gasteiger partial charge in [-0.25, -0.2) is 0 Å². The summed E-state index contributed by atoms with van der Waals surface area (Å²) in [6, 6.07) is 22.5. The van der Waals surface area contributed by atoms with Crippen molar-refractivity contribution >= 4 is 43.1 Å². The second kappa shape index (κ2) is 3.64. The number of fused-ring (bicyclic) bond motifs is 2. The van der Waals surface area contributed by atoms with Gasteiger partial charge in [-0.1, -0.05) is 60.7 Å². The molecule has 0 aliphatic rings. The van der Waals surface area contributed by atoms with Gasteiger partial charge in [-0.15, -0.1) is 0 Å². The third-order valence-electron chi connectivity index (χ3n) is 4.48. The van der Waals surface area contributed by atoms with Crippen molar-refractivity contribution in [1.29, 1.82) is 0 Å². The fraction of sp³-hybridized carbons (Fsp3) is 0. The maximum absolute atomic E-state index is 12.8. The first-order chi connectivity index (χ1) is 10.3. The van der Waals surface area contributed by atoms with Crippen molar-refractivity contribution in [2.24, 2.45) is 0 Å². The standard InChI is InChI=1S/C20H11O/c21-20-16-7-2-1-6-14(16)15-10-8-12-4-3-5-13-9-11-17(20)19(15)18(12)13/h1-11H. The topological polar surface area (TPSA) is 19.9 Å². The highest BCUT2D eigenvalue weighted by Crippen LogP contribution is 2.43. The molecule has 0 aromatic heterocycles. The molecule has 0 saturated heterocycles. The molecular weight excluding hydrogens is 256 g/mol. The number of benzene rings is 5. The molecule has 5 aromatic rings. The Labute approximate surface area is 121 Å².